The number of carbonyl (C=O) groups is 1. The SMILES string of the molecule is COC(=O)c1sc(-c2ccccc2F)cc1S(=O)(=O)Cl. The van der Waals surface area contributed by atoms with Crippen molar-refractivity contribution < 1.29 is 22.3 Å². The lowest BCUT2D eigenvalue weighted by molar-refractivity contribution is 0.0602. The summed E-state index contributed by atoms with van der Waals surface area (Å²) in [6, 6.07) is 6.99. The third-order valence-electron chi connectivity index (χ3n) is 2.47. The van der Waals surface area contributed by atoms with Gasteiger partial charge >= 0.3 is 5.97 Å². The van der Waals surface area contributed by atoms with E-state index in [4.69, 9.17) is 10.7 Å². The van der Waals surface area contributed by atoms with Crippen LogP contribution < -0.4 is 0 Å². The molecular formula is C12H8ClFO4S2. The van der Waals surface area contributed by atoms with Gasteiger partial charge in [-0.05, 0) is 12.1 Å². The van der Waals surface area contributed by atoms with Crippen LogP contribution in [0.4, 0.5) is 4.39 Å². The lowest BCUT2D eigenvalue weighted by Gasteiger charge is -1.98. The topological polar surface area (TPSA) is 60.4 Å². The molecule has 0 unspecified atom stereocenters. The van der Waals surface area contributed by atoms with Crippen LogP contribution >= 0.6 is 22.0 Å². The summed E-state index contributed by atoms with van der Waals surface area (Å²) in [4.78, 5) is 11.3. The van der Waals surface area contributed by atoms with E-state index in [2.05, 4.69) is 4.74 Å². The van der Waals surface area contributed by atoms with Crippen molar-refractivity contribution in [3.05, 3.63) is 41.0 Å². The fourth-order valence-corrected chi connectivity index (χ4v) is 4.18. The first-order valence-electron chi connectivity index (χ1n) is 5.26. The van der Waals surface area contributed by atoms with Crippen LogP contribution in [0.25, 0.3) is 10.4 Å². The van der Waals surface area contributed by atoms with E-state index in [1.54, 1.807) is 6.07 Å². The van der Waals surface area contributed by atoms with Crippen LogP contribution in [0.15, 0.2) is 35.2 Å². The molecule has 0 atom stereocenters. The third-order valence-corrected chi connectivity index (χ3v) is 5.09. The van der Waals surface area contributed by atoms with Crippen LogP contribution in [-0.2, 0) is 13.8 Å². The molecule has 0 fully saturated rings. The number of esters is 1. The van der Waals surface area contributed by atoms with Gasteiger partial charge in [0, 0.05) is 21.1 Å². The number of benzene rings is 1. The highest BCUT2D eigenvalue weighted by atomic mass is 35.7. The number of thiophene rings is 1. The number of carbonyl (C=O) groups excluding carboxylic acids is 1. The van der Waals surface area contributed by atoms with E-state index in [1.165, 1.54) is 18.2 Å². The van der Waals surface area contributed by atoms with E-state index < -0.39 is 20.8 Å². The fraction of sp³-hybridized carbons (Fsp3) is 0.0833. The van der Waals surface area contributed by atoms with E-state index in [0.29, 0.717) is 0 Å². The van der Waals surface area contributed by atoms with Crippen LogP contribution in [0.3, 0.4) is 0 Å². The molecule has 1 heterocycles. The number of rotatable bonds is 3. The molecule has 0 radical (unpaired) electrons. The highest BCUT2D eigenvalue weighted by Gasteiger charge is 2.26. The van der Waals surface area contributed by atoms with Gasteiger partial charge in [0.25, 0.3) is 9.05 Å². The zero-order valence-corrected chi connectivity index (χ0v) is 12.5. The van der Waals surface area contributed by atoms with Crippen LogP contribution in [0.1, 0.15) is 9.67 Å². The van der Waals surface area contributed by atoms with E-state index >= 15 is 0 Å². The molecule has 0 aliphatic heterocycles. The molecule has 20 heavy (non-hydrogen) atoms. The minimum absolute atomic E-state index is 0.180. The molecule has 2 rings (SSSR count). The Morgan fingerprint density at radius 3 is 2.55 bits per heavy atom. The summed E-state index contributed by atoms with van der Waals surface area (Å²) in [6.07, 6.45) is 0. The Morgan fingerprint density at radius 1 is 1.35 bits per heavy atom. The Kier molecular flexibility index (Phi) is 4.12. The largest absolute Gasteiger partial charge is 0.465 e. The fourth-order valence-electron chi connectivity index (χ4n) is 1.58. The van der Waals surface area contributed by atoms with Gasteiger partial charge in [0.15, 0.2) is 0 Å². The maximum atomic E-state index is 13.7. The molecule has 0 bridgehead atoms. The summed E-state index contributed by atoms with van der Waals surface area (Å²) >= 11 is 0.808. The quantitative estimate of drug-likeness (QED) is 0.638. The molecule has 1 aromatic carbocycles. The van der Waals surface area contributed by atoms with E-state index in [9.17, 15) is 17.6 Å². The highest BCUT2D eigenvalue weighted by Crippen LogP contribution is 2.36. The molecule has 0 saturated carbocycles. The van der Waals surface area contributed by atoms with Crippen molar-refractivity contribution in [2.24, 2.45) is 0 Å². The Bertz CT molecular complexity index is 768. The van der Waals surface area contributed by atoms with Gasteiger partial charge in [-0.25, -0.2) is 17.6 Å². The maximum Gasteiger partial charge on any atom is 0.349 e. The van der Waals surface area contributed by atoms with Crippen molar-refractivity contribution in [2.75, 3.05) is 7.11 Å². The number of halogens is 2. The van der Waals surface area contributed by atoms with Gasteiger partial charge < -0.3 is 4.74 Å². The molecule has 1 aromatic heterocycles. The van der Waals surface area contributed by atoms with Crippen molar-refractivity contribution in [1.29, 1.82) is 0 Å². The minimum atomic E-state index is -4.13. The predicted octanol–water partition coefficient (Wildman–Crippen LogP) is 3.27. The first-order chi connectivity index (χ1) is 9.34. The second-order valence-corrected chi connectivity index (χ2v) is 7.30. The van der Waals surface area contributed by atoms with Crippen molar-refractivity contribution in [2.45, 2.75) is 4.90 Å². The van der Waals surface area contributed by atoms with Crippen LogP contribution in [-0.4, -0.2) is 21.5 Å². The van der Waals surface area contributed by atoms with Crippen molar-refractivity contribution >= 4 is 37.0 Å². The number of methoxy groups -OCH3 is 1. The van der Waals surface area contributed by atoms with E-state index in [0.717, 1.165) is 24.5 Å². The van der Waals surface area contributed by atoms with Gasteiger partial charge in [-0.15, -0.1) is 11.3 Å². The summed E-state index contributed by atoms with van der Waals surface area (Å²) < 4.78 is 41.2. The summed E-state index contributed by atoms with van der Waals surface area (Å²) in [6.45, 7) is 0. The zero-order chi connectivity index (χ0) is 14.9. The lowest BCUT2D eigenvalue weighted by Crippen LogP contribution is -2.03. The molecule has 2 aromatic rings. The van der Waals surface area contributed by atoms with Gasteiger partial charge in [-0.1, -0.05) is 18.2 Å². The Balaban J connectivity index is 2.67. The molecule has 0 N–H and O–H groups in total. The monoisotopic (exact) mass is 334 g/mol. The summed E-state index contributed by atoms with van der Waals surface area (Å²) in [5, 5.41) is 0. The number of hydrogen-bond acceptors (Lipinski definition) is 5. The van der Waals surface area contributed by atoms with Crippen LogP contribution in [0.2, 0.25) is 0 Å². The molecule has 0 aliphatic carbocycles. The molecule has 0 spiro atoms. The first kappa shape index (κ1) is 15.0. The second-order valence-electron chi connectivity index (χ2n) is 3.71. The van der Waals surface area contributed by atoms with Crippen LogP contribution in [0.5, 0.6) is 0 Å². The van der Waals surface area contributed by atoms with E-state index in [-0.39, 0.29) is 20.2 Å². The van der Waals surface area contributed by atoms with Gasteiger partial charge in [0.2, 0.25) is 0 Å². The zero-order valence-electron chi connectivity index (χ0n) is 10.1. The molecule has 0 amide bonds. The van der Waals surface area contributed by atoms with Gasteiger partial charge in [-0.3, -0.25) is 0 Å². The molecule has 4 nitrogen and oxygen atoms in total. The summed E-state index contributed by atoms with van der Waals surface area (Å²) in [5.74, 6) is -1.36. The normalized spacial score (nSPS) is 11.3. The first-order valence-corrected chi connectivity index (χ1v) is 8.39. The lowest BCUT2D eigenvalue weighted by atomic mass is 10.2. The molecule has 106 valence electrons. The van der Waals surface area contributed by atoms with Crippen molar-refractivity contribution in [1.82, 2.24) is 0 Å². The van der Waals surface area contributed by atoms with Crippen molar-refractivity contribution in [3.8, 4) is 10.4 Å². The smallest absolute Gasteiger partial charge is 0.349 e. The second kappa shape index (κ2) is 5.51. The van der Waals surface area contributed by atoms with Crippen LogP contribution in [0, 0.1) is 5.82 Å². The van der Waals surface area contributed by atoms with Crippen molar-refractivity contribution in [3.63, 3.8) is 0 Å². The van der Waals surface area contributed by atoms with Gasteiger partial charge in [0.05, 0.1) is 7.11 Å². The predicted molar refractivity (Wildman–Crippen MR) is 74.1 cm³/mol. The third kappa shape index (κ3) is 2.84. The highest BCUT2D eigenvalue weighted by molar-refractivity contribution is 8.13. The van der Waals surface area contributed by atoms with Gasteiger partial charge in [-0.2, -0.15) is 0 Å². The molecule has 0 aliphatic rings. The van der Waals surface area contributed by atoms with E-state index in [1.807, 2.05) is 0 Å². The summed E-state index contributed by atoms with van der Waals surface area (Å²) in [5.41, 5.74) is 0.189. The average molecular weight is 335 g/mol. The Morgan fingerprint density at radius 2 is 2.00 bits per heavy atom. The number of hydrogen-bond donors (Lipinski definition) is 0. The number of ether oxygens (including phenoxy) is 1. The Hall–Kier alpha value is -1.44. The molecular weight excluding hydrogens is 327 g/mol. The molecule has 8 heteroatoms. The maximum absolute atomic E-state index is 13.7. The molecule has 0 saturated heterocycles. The Labute approximate surface area is 123 Å². The average Bonchev–Trinajstić information content (AvgIpc) is 2.83. The van der Waals surface area contributed by atoms with Gasteiger partial charge in [0.1, 0.15) is 15.6 Å². The standard InChI is InChI=1S/C12H8ClFO4S2/c1-18-12(15)11-10(20(13,16)17)6-9(19-11)7-4-2-3-5-8(7)14/h2-6H,1H3. The minimum Gasteiger partial charge on any atom is -0.465 e. The summed E-state index contributed by atoms with van der Waals surface area (Å²) in [7, 11) is 2.27.